The zero-order valence-electron chi connectivity index (χ0n) is 11.6. The molecule has 1 aromatic heterocycles. The second-order valence-corrected chi connectivity index (χ2v) is 7.35. The Bertz CT molecular complexity index is 637. The Morgan fingerprint density at radius 1 is 1.35 bits per heavy atom. The van der Waals surface area contributed by atoms with Crippen LogP contribution >= 0.6 is 27.3 Å². The number of phenolic OH excluding ortho intramolecular Hbond substituents is 1. The van der Waals surface area contributed by atoms with E-state index in [0.717, 1.165) is 23.0 Å². The maximum atomic E-state index is 10.2. The summed E-state index contributed by atoms with van der Waals surface area (Å²) in [4.78, 5) is 1.30. The topological polar surface area (TPSA) is 32.3 Å². The van der Waals surface area contributed by atoms with Crippen LogP contribution in [0.3, 0.4) is 0 Å². The molecular formula is C16H18BrNOS. The molecule has 4 heteroatoms. The smallest absolute Gasteiger partial charge is 0.120 e. The van der Waals surface area contributed by atoms with Crippen LogP contribution in [-0.4, -0.2) is 5.11 Å². The molecule has 1 aromatic carbocycles. The van der Waals surface area contributed by atoms with Crippen LogP contribution in [0.5, 0.6) is 5.75 Å². The normalized spacial score (nSPS) is 21.1. The fourth-order valence-electron chi connectivity index (χ4n) is 3.20. The molecule has 0 bridgehead atoms. The summed E-state index contributed by atoms with van der Waals surface area (Å²) in [7, 11) is 0. The number of fused-ring (bicyclic) bond motifs is 1. The van der Waals surface area contributed by atoms with Gasteiger partial charge in [-0.15, -0.1) is 11.3 Å². The molecular weight excluding hydrogens is 334 g/mol. The van der Waals surface area contributed by atoms with Gasteiger partial charge >= 0.3 is 0 Å². The van der Waals surface area contributed by atoms with Gasteiger partial charge in [0.15, 0.2) is 0 Å². The van der Waals surface area contributed by atoms with Crippen LogP contribution in [0, 0.1) is 6.92 Å². The molecule has 0 radical (unpaired) electrons. The van der Waals surface area contributed by atoms with Gasteiger partial charge < -0.3 is 10.4 Å². The van der Waals surface area contributed by atoms with Gasteiger partial charge in [-0.2, -0.15) is 0 Å². The van der Waals surface area contributed by atoms with Crippen molar-refractivity contribution in [3.63, 3.8) is 0 Å². The van der Waals surface area contributed by atoms with Crippen LogP contribution < -0.4 is 5.32 Å². The molecule has 0 fully saturated rings. The van der Waals surface area contributed by atoms with Crippen molar-refractivity contribution in [1.29, 1.82) is 0 Å². The molecule has 2 nitrogen and oxygen atoms in total. The van der Waals surface area contributed by atoms with Crippen LogP contribution in [0.4, 0.5) is 0 Å². The number of hydrogen-bond donors (Lipinski definition) is 2. The molecule has 106 valence electrons. The molecule has 20 heavy (non-hydrogen) atoms. The molecule has 0 spiro atoms. The molecule has 0 saturated heterocycles. The molecule has 0 aliphatic heterocycles. The van der Waals surface area contributed by atoms with E-state index in [1.807, 2.05) is 12.1 Å². The van der Waals surface area contributed by atoms with E-state index >= 15 is 0 Å². The van der Waals surface area contributed by atoms with E-state index < -0.39 is 0 Å². The zero-order valence-corrected chi connectivity index (χ0v) is 14.0. The predicted octanol–water partition coefficient (Wildman–Crippen LogP) is 4.86. The molecule has 1 heterocycles. The van der Waals surface area contributed by atoms with Gasteiger partial charge in [0.1, 0.15) is 5.75 Å². The van der Waals surface area contributed by atoms with Crippen LogP contribution in [0.2, 0.25) is 0 Å². The lowest BCUT2D eigenvalue weighted by Crippen LogP contribution is -2.18. The SMILES string of the molecule is Cc1ccc(O)c2c1C(C)CC2NCc1sccc1Br. The standard InChI is InChI=1S/C16H18BrNOS/c1-9-3-4-13(19)16-12(7-10(2)15(9)16)18-8-14-11(17)5-6-20-14/h3-6,10,12,18-19H,7-8H2,1-2H3. The number of rotatable bonds is 3. The number of hydrogen-bond acceptors (Lipinski definition) is 3. The molecule has 3 rings (SSSR count). The van der Waals surface area contributed by atoms with E-state index in [1.165, 1.54) is 16.0 Å². The minimum atomic E-state index is 0.244. The quantitative estimate of drug-likeness (QED) is 0.827. The van der Waals surface area contributed by atoms with Gasteiger partial charge in [0.2, 0.25) is 0 Å². The Balaban J connectivity index is 1.84. The van der Waals surface area contributed by atoms with E-state index in [0.29, 0.717) is 11.7 Å². The first-order valence-electron chi connectivity index (χ1n) is 6.85. The molecule has 2 N–H and O–H groups in total. The Morgan fingerprint density at radius 3 is 2.85 bits per heavy atom. The van der Waals surface area contributed by atoms with Crippen LogP contribution in [-0.2, 0) is 6.54 Å². The average Bonchev–Trinajstić information content (AvgIpc) is 2.96. The summed E-state index contributed by atoms with van der Waals surface area (Å²) in [5, 5.41) is 15.9. The second-order valence-electron chi connectivity index (χ2n) is 5.49. The molecule has 2 aromatic rings. The first kappa shape index (κ1) is 14.1. The first-order chi connectivity index (χ1) is 9.58. The highest BCUT2D eigenvalue weighted by Gasteiger charge is 2.31. The maximum absolute atomic E-state index is 10.2. The van der Waals surface area contributed by atoms with E-state index in [2.05, 4.69) is 46.5 Å². The number of phenols is 1. The lowest BCUT2D eigenvalue weighted by molar-refractivity contribution is 0.445. The van der Waals surface area contributed by atoms with Gasteiger partial charge in [-0.25, -0.2) is 0 Å². The van der Waals surface area contributed by atoms with Crippen LogP contribution in [0.25, 0.3) is 0 Å². The Kier molecular flexibility index (Phi) is 3.89. The third-order valence-corrected chi connectivity index (χ3v) is 6.04. The summed E-state index contributed by atoms with van der Waals surface area (Å²) in [6.07, 6.45) is 1.05. The highest BCUT2D eigenvalue weighted by atomic mass is 79.9. The van der Waals surface area contributed by atoms with Crippen molar-refractivity contribution >= 4 is 27.3 Å². The van der Waals surface area contributed by atoms with E-state index in [4.69, 9.17) is 0 Å². The lowest BCUT2D eigenvalue weighted by atomic mass is 9.97. The molecule has 1 aliphatic rings. The number of thiophene rings is 1. The number of benzene rings is 1. The third kappa shape index (κ3) is 2.41. The largest absolute Gasteiger partial charge is 0.508 e. The van der Waals surface area contributed by atoms with Gasteiger partial charge in [-0.3, -0.25) is 0 Å². The summed E-state index contributed by atoms with van der Waals surface area (Å²) >= 11 is 5.32. The number of aryl methyl sites for hydroxylation is 1. The molecule has 1 aliphatic carbocycles. The Hall–Kier alpha value is -0.840. The highest BCUT2D eigenvalue weighted by Crippen LogP contribution is 2.46. The minimum absolute atomic E-state index is 0.244. The highest BCUT2D eigenvalue weighted by molar-refractivity contribution is 9.10. The van der Waals surface area contributed by atoms with Gasteiger partial charge in [-0.1, -0.05) is 13.0 Å². The summed E-state index contributed by atoms with van der Waals surface area (Å²) in [5.74, 6) is 0.930. The summed E-state index contributed by atoms with van der Waals surface area (Å²) in [5.41, 5.74) is 3.71. The van der Waals surface area contributed by atoms with Gasteiger partial charge in [-0.05, 0) is 63.8 Å². The first-order valence-corrected chi connectivity index (χ1v) is 8.52. The number of halogens is 1. The fraction of sp³-hybridized carbons (Fsp3) is 0.375. The molecule has 0 amide bonds. The van der Waals surface area contributed by atoms with E-state index in [-0.39, 0.29) is 6.04 Å². The van der Waals surface area contributed by atoms with Crippen LogP contribution in [0.1, 0.15) is 46.9 Å². The van der Waals surface area contributed by atoms with Gasteiger partial charge in [0.25, 0.3) is 0 Å². The van der Waals surface area contributed by atoms with Gasteiger partial charge in [0.05, 0.1) is 0 Å². The summed E-state index contributed by atoms with van der Waals surface area (Å²) in [6, 6.07) is 6.16. The average molecular weight is 352 g/mol. The fourth-order valence-corrected chi connectivity index (χ4v) is 4.64. The molecule has 2 atom stereocenters. The van der Waals surface area contributed by atoms with Crippen LogP contribution in [0.15, 0.2) is 28.1 Å². The Labute approximate surface area is 132 Å². The predicted molar refractivity (Wildman–Crippen MR) is 87.5 cm³/mol. The summed E-state index contributed by atoms with van der Waals surface area (Å²) < 4.78 is 1.16. The van der Waals surface area contributed by atoms with Crippen molar-refractivity contribution in [2.24, 2.45) is 0 Å². The summed E-state index contributed by atoms with van der Waals surface area (Å²) in [6.45, 7) is 5.21. The zero-order chi connectivity index (χ0) is 14.3. The van der Waals surface area contributed by atoms with Crippen molar-refractivity contribution in [3.05, 3.63) is 49.6 Å². The monoisotopic (exact) mass is 351 g/mol. The van der Waals surface area contributed by atoms with Crippen molar-refractivity contribution in [1.82, 2.24) is 5.32 Å². The Morgan fingerprint density at radius 2 is 2.15 bits per heavy atom. The number of nitrogens with one attached hydrogen (secondary N) is 1. The minimum Gasteiger partial charge on any atom is -0.508 e. The van der Waals surface area contributed by atoms with E-state index in [9.17, 15) is 5.11 Å². The lowest BCUT2D eigenvalue weighted by Gasteiger charge is -2.15. The van der Waals surface area contributed by atoms with E-state index in [1.54, 1.807) is 11.3 Å². The molecule has 0 saturated carbocycles. The van der Waals surface area contributed by atoms with Crippen molar-refractivity contribution in [3.8, 4) is 5.75 Å². The van der Waals surface area contributed by atoms with Crippen molar-refractivity contribution in [2.75, 3.05) is 0 Å². The van der Waals surface area contributed by atoms with Crippen molar-refractivity contribution in [2.45, 2.75) is 38.8 Å². The van der Waals surface area contributed by atoms with Crippen molar-refractivity contribution < 1.29 is 5.11 Å². The maximum Gasteiger partial charge on any atom is 0.120 e. The second kappa shape index (κ2) is 5.51. The third-order valence-electron chi connectivity index (χ3n) is 4.11. The number of aromatic hydroxyl groups is 1. The van der Waals surface area contributed by atoms with Gasteiger partial charge in [0, 0.05) is 27.5 Å². The molecule has 2 unspecified atom stereocenters.